The quantitative estimate of drug-likeness (QED) is 0.787. The number of piperidine rings is 1. The van der Waals surface area contributed by atoms with Crippen LogP contribution in [0.2, 0.25) is 0 Å². The lowest BCUT2D eigenvalue weighted by atomic mass is 9.65. The van der Waals surface area contributed by atoms with Crippen molar-refractivity contribution >= 4 is 12.1 Å². The van der Waals surface area contributed by atoms with Gasteiger partial charge in [-0.3, -0.25) is 4.79 Å². The van der Waals surface area contributed by atoms with Gasteiger partial charge in [0, 0.05) is 19.5 Å². The number of ether oxygens (including phenoxy) is 1. The molecule has 1 N–H and O–H groups in total. The number of hydrogen-bond acceptors (Lipinski definition) is 3. The monoisotopic (exact) mass is 311 g/mol. The minimum Gasteiger partial charge on any atom is -0.466 e. The molecule has 0 unspecified atom stereocenters. The van der Waals surface area contributed by atoms with Crippen molar-refractivity contribution in [2.75, 3.05) is 19.7 Å². The molecule has 2 aliphatic rings. The fourth-order valence-electron chi connectivity index (χ4n) is 4.02. The largest absolute Gasteiger partial charge is 0.466 e. The van der Waals surface area contributed by atoms with Crippen LogP contribution >= 0.6 is 0 Å². The Morgan fingerprint density at radius 2 is 1.82 bits per heavy atom. The van der Waals surface area contributed by atoms with E-state index in [9.17, 15) is 9.59 Å². The molecule has 0 bridgehead atoms. The highest BCUT2D eigenvalue weighted by Gasteiger charge is 2.38. The van der Waals surface area contributed by atoms with Crippen LogP contribution in [0.3, 0.4) is 0 Å². The first-order valence-electron chi connectivity index (χ1n) is 8.68. The number of esters is 1. The number of carbonyl (C=O) groups excluding carboxylic acids is 1. The van der Waals surface area contributed by atoms with Crippen LogP contribution in [0.15, 0.2) is 0 Å². The lowest BCUT2D eigenvalue weighted by molar-refractivity contribution is -0.143. The van der Waals surface area contributed by atoms with Gasteiger partial charge in [-0.15, -0.1) is 0 Å². The molecule has 0 aromatic carbocycles. The molecule has 126 valence electrons. The highest BCUT2D eigenvalue weighted by Crippen LogP contribution is 2.47. The molecule has 1 saturated heterocycles. The first-order valence-corrected chi connectivity index (χ1v) is 8.68. The van der Waals surface area contributed by atoms with Gasteiger partial charge in [-0.1, -0.05) is 0 Å². The summed E-state index contributed by atoms with van der Waals surface area (Å²) in [5.41, 5.74) is 0.392. The predicted octanol–water partition coefficient (Wildman–Crippen LogP) is 3.67. The highest BCUT2D eigenvalue weighted by molar-refractivity contribution is 5.69. The Hall–Kier alpha value is -1.26. The number of carbonyl (C=O) groups is 2. The van der Waals surface area contributed by atoms with Crippen LogP contribution < -0.4 is 0 Å². The number of amides is 1. The van der Waals surface area contributed by atoms with E-state index in [2.05, 4.69) is 0 Å². The van der Waals surface area contributed by atoms with Gasteiger partial charge in [-0.2, -0.15) is 0 Å². The predicted molar refractivity (Wildman–Crippen MR) is 83.7 cm³/mol. The Kier molecular flexibility index (Phi) is 6.09. The maximum Gasteiger partial charge on any atom is 0.407 e. The smallest absolute Gasteiger partial charge is 0.407 e. The second-order valence-corrected chi connectivity index (χ2v) is 6.91. The Bertz CT molecular complexity index is 378. The third-order valence-electron chi connectivity index (χ3n) is 5.56. The molecule has 1 amide bonds. The molecule has 1 spiro atoms. The van der Waals surface area contributed by atoms with Crippen molar-refractivity contribution in [2.24, 2.45) is 11.3 Å². The summed E-state index contributed by atoms with van der Waals surface area (Å²) in [6.45, 7) is 3.71. The van der Waals surface area contributed by atoms with Crippen LogP contribution in [-0.4, -0.2) is 41.8 Å². The molecular weight excluding hydrogens is 282 g/mol. The topological polar surface area (TPSA) is 66.8 Å². The summed E-state index contributed by atoms with van der Waals surface area (Å²) in [6.07, 6.45) is 8.79. The van der Waals surface area contributed by atoms with Crippen molar-refractivity contribution in [3.05, 3.63) is 0 Å². The van der Waals surface area contributed by atoms with Gasteiger partial charge in [0.25, 0.3) is 0 Å². The van der Waals surface area contributed by atoms with Gasteiger partial charge in [0.1, 0.15) is 0 Å². The van der Waals surface area contributed by atoms with E-state index in [0.717, 1.165) is 31.6 Å². The highest BCUT2D eigenvalue weighted by atomic mass is 16.5. The minimum atomic E-state index is -0.775. The first kappa shape index (κ1) is 17.1. The summed E-state index contributed by atoms with van der Waals surface area (Å²) in [7, 11) is 0. The molecule has 1 saturated carbocycles. The van der Waals surface area contributed by atoms with Crippen molar-refractivity contribution in [1.82, 2.24) is 4.90 Å². The van der Waals surface area contributed by atoms with Crippen molar-refractivity contribution in [1.29, 1.82) is 0 Å². The lowest BCUT2D eigenvalue weighted by Gasteiger charge is -2.45. The number of nitrogens with zero attached hydrogens (tertiary/aromatic N) is 1. The molecule has 0 atom stereocenters. The number of likely N-dealkylation sites (tertiary alicyclic amines) is 1. The zero-order valence-corrected chi connectivity index (χ0v) is 13.7. The average molecular weight is 311 g/mol. The van der Waals surface area contributed by atoms with Crippen LogP contribution in [0.25, 0.3) is 0 Å². The molecule has 0 radical (unpaired) electrons. The van der Waals surface area contributed by atoms with Crippen LogP contribution in [-0.2, 0) is 9.53 Å². The Labute approximate surface area is 133 Å². The summed E-state index contributed by atoms with van der Waals surface area (Å²) in [4.78, 5) is 23.9. The molecular formula is C17H29NO4. The second kappa shape index (κ2) is 7.84. The molecule has 5 heteroatoms. The average Bonchev–Trinajstić information content (AvgIpc) is 2.50. The zero-order chi connectivity index (χ0) is 16.0. The summed E-state index contributed by atoms with van der Waals surface area (Å²) in [5, 5.41) is 9.04. The van der Waals surface area contributed by atoms with Gasteiger partial charge in [-0.25, -0.2) is 4.79 Å². The molecule has 1 aliphatic carbocycles. The summed E-state index contributed by atoms with van der Waals surface area (Å²) in [5.74, 6) is 0.661. The third kappa shape index (κ3) is 4.62. The maximum atomic E-state index is 11.3. The van der Waals surface area contributed by atoms with Crippen LogP contribution in [0.1, 0.15) is 64.7 Å². The van der Waals surface area contributed by atoms with Gasteiger partial charge in [0.05, 0.1) is 6.61 Å². The van der Waals surface area contributed by atoms with E-state index in [-0.39, 0.29) is 5.97 Å². The van der Waals surface area contributed by atoms with Crippen molar-refractivity contribution in [3.8, 4) is 0 Å². The molecule has 1 aliphatic heterocycles. The minimum absolute atomic E-state index is 0.0733. The number of rotatable bonds is 5. The van der Waals surface area contributed by atoms with Gasteiger partial charge < -0.3 is 14.7 Å². The van der Waals surface area contributed by atoms with E-state index in [4.69, 9.17) is 9.84 Å². The van der Waals surface area contributed by atoms with E-state index in [1.165, 1.54) is 25.7 Å². The summed E-state index contributed by atoms with van der Waals surface area (Å²) < 4.78 is 4.96. The normalized spacial score (nSPS) is 21.8. The first-order chi connectivity index (χ1) is 10.5. The molecule has 0 aromatic rings. The fraction of sp³-hybridized carbons (Fsp3) is 0.882. The molecule has 22 heavy (non-hydrogen) atoms. The zero-order valence-electron chi connectivity index (χ0n) is 13.7. The van der Waals surface area contributed by atoms with Crippen LogP contribution in [0.5, 0.6) is 0 Å². The Balaban J connectivity index is 1.66. The van der Waals surface area contributed by atoms with E-state index >= 15 is 0 Å². The Morgan fingerprint density at radius 3 is 2.36 bits per heavy atom. The van der Waals surface area contributed by atoms with Crippen molar-refractivity contribution in [3.63, 3.8) is 0 Å². The molecule has 2 rings (SSSR count). The SMILES string of the molecule is CCOC(=O)CCCC1CCC2(CC1)CCN(C(=O)O)CC2. The summed E-state index contributed by atoms with van der Waals surface area (Å²) >= 11 is 0. The summed E-state index contributed by atoms with van der Waals surface area (Å²) in [6, 6.07) is 0. The van der Waals surface area contributed by atoms with Gasteiger partial charge in [0.2, 0.25) is 0 Å². The second-order valence-electron chi connectivity index (χ2n) is 6.91. The van der Waals surface area contributed by atoms with Gasteiger partial charge in [0.15, 0.2) is 0 Å². The molecule has 5 nitrogen and oxygen atoms in total. The van der Waals surface area contributed by atoms with E-state index < -0.39 is 6.09 Å². The van der Waals surface area contributed by atoms with E-state index in [1.807, 2.05) is 6.92 Å². The van der Waals surface area contributed by atoms with E-state index in [1.54, 1.807) is 4.90 Å². The maximum absolute atomic E-state index is 11.3. The number of carboxylic acid groups (broad SMARTS) is 1. The van der Waals surface area contributed by atoms with Gasteiger partial charge >= 0.3 is 12.1 Å². The number of hydrogen-bond donors (Lipinski definition) is 1. The fourth-order valence-corrected chi connectivity index (χ4v) is 4.02. The van der Waals surface area contributed by atoms with Crippen molar-refractivity contribution in [2.45, 2.75) is 64.7 Å². The molecule has 1 heterocycles. The Morgan fingerprint density at radius 1 is 1.18 bits per heavy atom. The van der Waals surface area contributed by atoms with Crippen LogP contribution in [0.4, 0.5) is 4.79 Å². The van der Waals surface area contributed by atoms with E-state index in [0.29, 0.717) is 31.5 Å². The standard InChI is InChI=1S/C17H29NO4/c1-2-22-15(19)5-3-4-14-6-8-17(9-7-14)10-12-18(13-11-17)16(20)21/h14H,2-13H2,1H3,(H,20,21). The molecule has 2 fully saturated rings. The van der Waals surface area contributed by atoms with Crippen LogP contribution in [0, 0.1) is 11.3 Å². The molecule has 0 aromatic heterocycles. The third-order valence-corrected chi connectivity index (χ3v) is 5.56. The van der Waals surface area contributed by atoms with Gasteiger partial charge in [-0.05, 0) is 69.6 Å². The lowest BCUT2D eigenvalue weighted by Crippen LogP contribution is -2.44. The van der Waals surface area contributed by atoms with Crippen molar-refractivity contribution < 1.29 is 19.4 Å².